The third-order valence-corrected chi connectivity index (χ3v) is 5.40. The molecule has 1 atom stereocenters. The van der Waals surface area contributed by atoms with Crippen LogP contribution in [0, 0.1) is 5.82 Å². The molecule has 0 saturated carbocycles. The van der Waals surface area contributed by atoms with Gasteiger partial charge in [0, 0.05) is 32.2 Å². The number of hydrogen-bond acceptors (Lipinski definition) is 3. The number of nitrogens with zero attached hydrogens (tertiary/aromatic N) is 2. The van der Waals surface area contributed by atoms with Crippen LogP contribution >= 0.6 is 0 Å². The lowest BCUT2D eigenvalue weighted by Gasteiger charge is -2.32. The molecule has 0 bridgehead atoms. The smallest absolute Gasteiger partial charge is 0.280 e. The fourth-order valence-electron chi connectivity index (χ4n) is 2.36. The Balaban J connectivity index is 2.08. The molecule has 21 heavy (non-hydrogen) atoms. The number of nitrogens with one attached hydrogen (secondary N) is 1. The van der Waals surface area contributed by atoms with Crippen molar-refractivity contribution in [3.05, 3.63) is 35.6 Å². The van der Waals surface area contributed by atoms with Gasteiger partial charge in [-0.15, -0.1) is 0 Å². The molecule has 1 aliphatic rings. The standard InChI is InChI=1S/C14H22FN3O2S/c1-3-14(12-4-6-13(15)7-5-12)16-21(19,20)18-10-8-17(2)9-11-18/h4-7,14,16H,3,8-11H2,1-2H3. The molecule has 2 rings (SSSR count). The summed E-state index contributed by atoms with van der Waals surface area (Å²) >= 11 is 0. The van der Waals surface area contributed by atoms with E-state index in [-0.39, 0.29) is 11.9 Å². The maximum absolute atomic E-state index is 13.0. The molecule has 1 heterocycles. The van der Waals surface area contributed by atoms with E-state index >= 15 is 0 Å². The fourth-order valence-corrected chi connectivity index (χ4v) is 3.82. The molecule has 1 aliphatic heterocycles. The van der Waals surface area contributed by atoms with E-state index in [4.69, 9.17) is 0 Å². The van der Waals surface area contributed by atoms with E-state index in [2.05, 4.69) is 9.62 Å². The number of benzene rings is 1. The molecule has 0 aromatic heterocycles. The zero-order valence-corrected chi connectivity index (χ0v) is 13.2. The van der Waals surface area contributed by atoms with Crippen LogP contribution in [-0.2, 0) is 10.2 Å². The van der Waals surface area contributed by atoms with Crippen molar-refractivity contribution < 1.29 is 12.8 Å². The Bertz CT molecular complexity index is 554. The molecule has 1 aromatic rings. The molecule has 0 amide bonds. The zero-order chi connectivity index (χ0) is 15.5. The summed E-state index contributed by atoms with van der Waals surface area (Å²) in [4.78, 5) is 2.10. The lowest BCUT2D eigenvalue weighted by molar-refractivity contribution is 0.220. The molecule has 1 fully saturated rings. The van der Waals surface area contributed by atoms with Gasteiger partial charge in [-0.3, -0.25) is 0 Å². The highest BCUT2D eigenvalue weighted by Crippen LogP contribution is 2.19. The fraction of sp³-hybridized carbons (Fsp3) is 0.571. The van der Waals surface area contributed by atoms with Crippen molar-refractivity contribution in [2.45, 2.75) is 19.4 Å². The highest BCUT2D eigenvalue weighted by atomic mass is 32.2. The Morgan fingerprint density at radius 1 is 1.19 bits per heavy atom. The van der Waals surface area contributed by atoms with E-state index in [0.29, 0.717) is 19.5 Å². The third kappa shape index (κ3) is 4.23. The van der Waals surface area contributed by atoms with Crippen LogP contribution in [0.15, 0.2) is 24.3 Å². The Morgan fingerprint density at radius 2 is 1.76 bits per heavy atom. The highest BCUT2D eigenvalue weighted by Gasteiger charge is 2.27. The van der Waals surface area contributed by atoms with Gasteiger partial charge in [0.2, 0.25) is 0 Å². The molecule has 1 aromatic carbocycles. The van der Waals surface area contributed by atoms with E-state index in [1.807, 2.05) is 14.0 Å². The first-order chi connectivity index (χ1) is 9.92. The van der Waals surface area contributed by atoms with Crippen molar-refractivity contribution in [3.8, 4) is 0 Å². The van der Waals surface area contributed by atoms with Crippen LogP contribution in [-0.4, -0.2) is 50.8 Å². The van der Waals surface area contributed by atoms with E-state index in [1.54, 1.807) is 12.1 Å². The molecule has 7 heteroatoms. The van der Waals surface area contributed by atoms with Gasteiger partial charge >= 0.3 is 0 Å². The maximum Gasteiger partial charge on any atom is 0.280 e. The Kier molecular flexibility index (Phi) is 5.32. The first-order valence-electron chi connectivity index (χ1n) is 7.14. The molecular formula is C14H22FN3O2S. The monoisotopic (exact) mass is 315 g/mol. The SMILES string of the molecule is CCC(NS(=O)(=O)N1CCN(C)CC1)c1ccc(F)cc1. The number of halogens is 1. The first kappa shape index (κ1) is 16.4. The molecule has 1 saturated heterocycles. The van der Waals surface area contributed by atoms with Crippen molar-refractivity contribution in [2.75, 3.05) is 33.2 Å². The van der Waals surface area contributed by atoms with Crippen LogP contribution < -0.4 is 4.72 Å². The van der Waals surface area contributed by atoms with E-state index in [9.17, 15) is 12.8 Å². The van der Waals surface area contributed by atoms with E-state index < -0.39 is 10.2 Å². The highest BCUT2D eigenvalue weighted by molar-refractivity contribution is 7.87. The summed E-state index contributed by atoms with van der Waals surface area (Å²) < 4.78 is 42.0. The van der Waals surface area contributed by atoms with Crippen LogP contribution in [0.5, 0.6) is 0 Å². The lowest BCUT2D eigenvalue weighted by atomic mass is 10.1. The largest absolute Gasteiger partial charge is 0.304 e. The summed E-state index contributed by atoms with van der Waals surface area (Å²) in [5, 5.41) is 0. The van der Waals surface area contributed by atoms with Gasteiger partial charge in [0.15, 0.2) is 0 Å². The van der Waals surface area contributed by atoms with Gasteiger partial charge in [0.05, 0.1) is 0 Å². The van der Waals surface area contributed by atoms with Crippen molar-refractivity contribution in [1.29, 1.82) is 0 Å². The lowest BCUT2D eigenvalue weighted by Crippen LogP contribution is -2.51. The molecule has 118 valence electrons. The third-order valence-electron chi connectivity index (χ3n) is 3.77. The maximum atomic E-state index is 13.0. The van der Waals surface area contributed by atoms with Crippen molar-refractivity contribution in [1.82, 2.24) is 13.9 Å². The van der Waals surface area contributed by atoms with Crippen molar-refractivity contribution in [2.24, 2.45) is 0 Å². The number of hydrogen-bond donors (Lipinski definition) is 1. The average molecular weight is 315 g/mol. The quantitative estimate of drug-likeness (QED) is 0.892. The predicted octanol–water partition coefficient (Wildman–Crippen LogP) is 1.36. The van der Waals surface area contributed by atoms with Crippen LogP contribution in [0.4, 0.5) is 4.39 Å². The topological polar surface area (TPSA) is 52.7 Å². The predicted molar refractivity (Wildman–Crippen MR) is 80.6 cm³/mol. The van der Waals surface area contributed by atoms with Crippen molar-refractivity contribution >= 4 is 10.2 Å². The molecular weight excluding hydrogens is 293 g/mol. The Labute approximate surface area is 125 Å². The van der Waals surface area contributed by atoms with Gasteiger partial charge in [-0.05, 0) is 31.2 Å². The minimum absolute atomic E-state index is 0.324. The van der Waals surface area contributed by atoms with Crippen molar-refractivity contribution in [3.63, 3.8) is 0 Å². The van der Waals surface area contributed by atoms with Gasteiger partial charge in [0.25, 0.3) is 10.2 Å². The summed E-state index contributed by atoms with van der Waals surface area (Å²) in [6.07, 6.45) is 0.610. The van der Waals surface area contributed by atoms with Crippen LogP contribution in [0.1, 0.15) is 24.9 Å². The van der Waals surface area contributed by atoms with E-state index in [1.165, 1.54) is 16.4 Å². The number of rotatable bonds is 5. The number of piperazine rings is 1. The minimum atomic E-state index is -3.51. The van der Waals surface area contributed by atoms with Crippen LogP contribution in [0.2, 0.25) is 0 Å². The Hall–Kier alpha value is -1.02. The first-order valence-corrected chi connectivity index (χ1v) is 8.58. The van der Waals surface area contributed by atoms with Gasteiger partial charge in [-0.2, -0.15) is 17.4 Å². The average Bonchev–Trinajstić information content (AvgIpc) is 2.46. The van der Waals surface area contributed by atoms with Gasteiger partial charge in [-0.1, -0.05) is 19.1 Å². The molecule has 0 aliphatic carbocycles. The second-order valence-electron chi connectivity index (χ2n) is 5.34. The summed E-state index contributed by atoms with van der Waals surface area (Å²) in [6, 6.07) is 5.60. The van der Waals surface area contributed by atoms with Crippen LogP contribution in [0.25, 0.3) is 0 Å². The Morgan fingerprint density at radius 3 is 2.29 bits per heavy atom. The number of likely N-dealkylation sites (N-methyl/N-ethyl adjacent to an activating group) is 1. The van der Waals surface area contributed by atoms with Crippen LogP contribution in [0.3, 0.4) is 0 Å². The normalized spacial score (nSPS) is 19.6. The zero-order valence-electron chi connectivity index (χ0n) is 12.4. The molecule has 1 unspecified atom stereocenters. The molecule has 0 spiro atoms. The molecule has 0 radical (unpaired) electrons. The second kappa shape index (κ2) is 6.83. The molecule has 5 nitrogen and oxygen atoms in total. The van der Waals surface area contributed by atoms with Gasteiger partial charge in [0.1, 0.15) is 5.82 Å². The second-order valence-corrected chi connectivity index (χ2v) is 7.04. The van der Waals surface area contributed by atoms with Gasteiger partial charge in [-0.25, -0.2) is 4.39 Å². The summed E-state index contributed by atoms with van der Waals surface area (Å²) in [6.45, 7) is 4.35. The molecule has 1 N–H and O–H groups in total. The van der Waals surface area contributed by atoms with E-state index in [0.717, 1.165) is 18.7 Å². The summed E-state index contributed by atoms with van der Waals surface area (Å²) in [7, 11) is -1.54. The summed E-state index contributed by atoms with van der Waals surface area (Å²) in [5.74, 6) is -0.324. The van der Waals surface area contributed by atoms with Gasteiger partial charge < -0.3 is 4.90 Å². The minimum Gasteiger partial charge on any atom is -0.304 e. The summed E-state index contributed by atoms with van der Waals surface area (Å²) in [5.41, 5.74) is 0.775.